The van der Waals surface area contributed by atoms with Crippen LogP contribution < -0.4 is 14.9 Å². The van der Waals surface area contributed by atoms with Crippen molar-refractivity contribution in [3.8, 4) is 11.5 Å². The van der Waals surface area contributed by atoms with E-state index in [1.807, 2.05) is 25.1 Å². The average molecular weight is 330 g/mol. The Morgan fingerprint density at radius 3 is 2.92 bits per heavy atom. The molecule has 2 fully saturated rings. The molecule has 3 rings (SSSR count). The zero-order valence-corrected chi connectivity index (χ0v) is 14.7. The van der Waals surface area contributed by atoms with Gasteiger partial charge in [0.1, 0.15) is 0 Å². The van der Waals surface area contributed by atoms with Crippen LogP contribution in [0.15, 0.2) is 23.3 Å². The number of fused-ring (bicyclic) bond motifs is 1. The molecular formula is C19H26N2O3. The Morgan fingerprint density at radius 2 is 2.25 bits per heavy atom. The Bertz CT molecular complexity index is 643. The molecule has 24 heavy (non-hydrogen) atoms. The van der Waals surface area contributed by atoms with Crippen LogP contribution >= 0.6 is 0 Å². The lowest BCUT2D eigenvalue weighted by atomic mass is 9.90. The number of hydrogen-bond acceptors (Lipinski definition) is 4. The van der Waals surface area contributed by atoms with Gasteiger partial charge in [-0.3, -0.25) is 4.79 Å². The minimum Gasteiger partial charge on any atom is -0.493 e. The fraction of sp³-hybridized carbons (Fsp3) is 0.579. The molecule has 0 spiro atoms. The summed E-state index contributed by atoms with van der Waals surface area (Å²) >= 11 is 0. The fourth-order valence-electron chi connectivity index (χ4n) is 4.13. The SMILES string of the molecule is CCOc1cc(/C=N\NC(=O)[C@@H]2[C@@H]3CCCC[C@]23C)ccc1OC. The molecule has 5 heteroatoms. The van der Waals surface area contributed by atoms with Crippen molar-refractivity contribution >= 4 is 12.1 Å². The van der Waals surface area contributed by atoms with Crippen LogP contribution in [-0.4, -0.2) is 25.8 Å². The summed E-state index contributed by atoms with van der Waals surface area (Å²) in [6, 6.07) is 5.58. The third-order valence-corrected chi connectivity index (χ3v) is 5.49. The molecule has 1 aromatic carbocycles. The number of nitrogens with one attached hydrogen (secondary N) is 1. The summed E-state index contributed by atoms with van der Waals surface area (Å²) in [6.45, 7) is 4.73. The standard InChI is InChI=1S/C19H26N2O3/c1-4-24-16-11-13(8-9-15(16)23-3)12-20-21-18(22)17-14-7-5-6-10-19(14,17)2/h8-9,11-12,14,17H,4-7,10H2,1-3H3,(H,21,22)/b20-12-/t14-,17-,19-/m0/s1. The Hall–Kier alpha value is -2.04. The Kier molecular flexibility index (Phi) is 4.78. The van der Waals surface area contributed by atoms with Crippen LogP contribution in [0.1, 0.15) is 45.1 Å². The molecule has 130 valence electrons. The first kappa shape index (κ1) is 16.8. The van der Waals surface area contributed by atoms with Crippen molar-refractivity contribution in [2.75, 3.05) is 13.7 Å². The van der Waals surface area contributed by atoms with Gasteiger partial charge < -0.3 is 9.47 Å². The van der Waals surface area contributed by atoms with E-state index in [4.69, 9.17) is 9.47 Å². The van der Waals surface area contributed by atoms with E-state index in [9.17, 15) is 4.79 Å². The quantitative estimate of drug-likeness (QED) is 0.642. The van der Waals surface area contributed by atoms with Crippen molar-refractivity contribution in [3.63, 3.8) is 0 Å². The summed E-state index contributed by atoms with van der Waals surface area (Å²) < 4.78 is 10.8. The van der Waals surface area contributed by atoms with Gasteiger partial charge in [-0.05, 0) is 54.9 Å². The fourth-order valence-corrected chi connectivity index (χ4v) is 4.13. The maximum absolute atomic E-state index is 12.4. The first-order valence-electron chi connectivity index (χ1n) is 8.74. The van der Waals surface area contributed by atoms with Crippen LogP contribution in [0.3, 0.4) is 0 Å². The van der Waals surface area contributed by atoms with Crippen LogP contribution in [-0.2, 0) is 4.79 Å². The topological polar surface area (TPSA) is 59.9 Å². The summed E-state index contributed by atoms with van der Waals surface area (Å²) in [5.74, 6) is 2.10. The number of amides is 1. The van der Waals surface area contributed by atoms with Crippen molar-refractivity contribution < 1.29 is 14.3 Å². The molecule has 0 aromatic heterocycles. The number of nitrogens with zero attached hydrogens (tertiary/aromatic N) is 1. The minimum absolute atomic E-state index is 0.0548. The van der Waals surface area contributed by atoms with Gasteiger partial charge in [-0.2, -0.15) is 5.10 Å². The van der Waals surface area contributed by atoms with Crippen molar-refractivity contribution in [1.29, 1.82) is 0 Å². The summed E-state index contributed by atoms with van der Waals surface area (Å²) in [6.07, 6.45) is 6.48. The zero-order chi connectivity index (χ0) is 17.2. The van der Waals surface area contributed by atoms with Gasteiger partial charge in [0.05, 0.1) is 19.9 Å². The molecule has 0 unspecified atom stereocenters. The van der Waals surface area contributed by atoms with Crippen LogP contribution in [0.5, 0.6) is 11.5 Å². The summed E-state index contributed by atoms with van der Waals surface area (Å²) in [7, 11) is 1.61. The summed E-state index contributed by atoms with van der Waals surface area (Å²) in [5.41, 5.74) is 3.78. The molecule has 0 radical (unpaired) electrons. The number of hydrogen-bond donors (Lipinski definition) is 1. The van der Waals surface area contributed by atoms with Crippen LogP contribution in [0, 0.1) is 17.3 Å². The van der Waals surface area contributed by atoms with Gasteiger partial charge in [0.25, 0.3) is 0 Å². The predicted molar refractivity (Wildman–Crippen MR) is 93.5 cm³/mol. The van der Waals surface area contributed by atoms with E-state index in [0.717, 1.165) is 12.0 Å². The van der Waals surface area contributed by atoms with Crippen molar-refractivity contribution in [2.45, 2.75) is 39.5 Å². The number of benzene rings is 1. The molecule has 3 atom stereocenters. The Morgan fingerprint density at radius 1 is 1.42 bits per heavy atom. The third kappa shape index (κ3) is 3.12. The van der Waals surface area contributed by atoms with Crippen LogP contribution in [0.25, 0.3) is 0 Å². The zero-order valence-electron chi connectivity index (χ0n) is 14.7. The second-order valence-electron chi connectivity index (χ2n) is 6.91. The lowest BCUT2D eigenvalue weighted by Gasteiger charge is -2.15. The van der Waals surface area contributed by atoms with Crippen molar-refractivity contribution in [3.05, 3.63) is 23.8 Å². The molecule has 5 nitrogen and oxygen atoms in total. The van der Waals surface area contributed by atoms with Gasteiger partial charge >= 0.3 is 0 Å². The van der Waals surface area contributed by atoms with E-state index < -0.39 is 0 Å². The third-order valence-electron chi connectivity index (χ3n) is 5.49. The molecule has 2 saturated carbocycles. The number of carbonyl (C=O) groups excluding carboxylic acids is 1. The Labute approximate surface area is 143 Å². The Balaban J connectivity index is 1.60. The lowest BCUT2D eigenvalue weighted by Crippen LogP contribution is -2.22. The van der Waals surface area contributed by atoms with E-state index in [2.05, 4.69) is 17.5 Å². The van der Waals surface area contributed by atoms with Gasteiger partial charge in [0.15, 0.2) is 11.5 Å². The van der Waals surface area contributed by atoms with Crippen LogP contribution in [0.4, 0.5) is 0 Å². The van der Waals surface area contributed by atoms with Crippen molar-refractivity contribution in [1.82, 2.24) is 5.43 Å². The molecule has 1 N–H and O–H groups in total. The van der Waals surface area contributed by atoms with Gasteiger partial charge in [-0.15, -0.1) is 0 Å². The maximum Gasteiger partial charge on any atom is 0.244 e. The second-order valence-corrected chi connectivity index (χ2v) is 6.91. The van der Waals surface area contributed by atoms with E-state index in [1.165, 1.54) is 19.3 Å². The molecule has 2 aliphatic rings. The van der Waals surface area contributed by atoms with Crippen molar-refractivity contribution in [2.24, 2.45) is 22.4 Å². The monoisotopic (exact) mass is 330 g/mol. The summed E-state index contributed by atoms with van der Waals surface area (Å²) in [4.78, 5) is 12.4. The van der Waals surface area contributed by atoms with Crippen LogP contribution in [0.2, 0.25) is 0 Å². The van der Waals surface area contributed by atoms with Gasteiger partial charge in [0.2, 0.25) is 5.91 Å². The molecule has 2 aliphatic carbocycles. The largest absolute Gasteiger partial charge is 0.493 e. The maximum atomic E-state index is 12.4. The highest BCUT2D eigenvalue weighted by Crippen LogP contribution is 2.66. The lowest BCUT2D eigenvalue weighted by molar-refractivity contribution is -0.123. The first-order valence-corrected chi connectivity index (χ1v) is 8.74. The molecule has 0 bridgehead atoms. The second kappa shape index (κ2) is 6.83. The average Bonchev–Trinajstić information content (AvgIpc) is 3.21. The molecule has 0 aliphatic heterocycles. The predicted octanol–water partition coefficient (Wildman–Crippen LogP) is 3.37. The van der Waals surface area contributed by atoms with E-state index in [1.54, 1.807) is 13.3 Å². The van der Waals surface area contributed by atoms with E-state index in [-0.39, 0.29) is 17.2 Å². The molecule has 1 amide bonds. The highest BCUT2D eigenvalue weighted by molar-refractivity contribution is 5.86. The number of ether oxygens (including phenoxy) is 2. The highest BCUT2D eigenvalue weighted by atomic mass is 16.5. The molecule has 1 aromatic rings. The normalized spacial score (nSPS) is 28.3. The molecule has 0 heterocycles. The smallest absolute Gasteiger partial charge is 0.244 e. The van der Waals surface area contributed by atoms with Gasteiger partial charge in [-0.1, -0.05) is 19.8 Å². The van der Waals surface area contributed by atoms with Gasteiger partial charge in [-0.25, -0.2) is 5.43 Å². The highest BCUT2D eigenvalue weighted by Gasteiger charge is 2.64. The number of rotatable bonds is 6. The molecular weight excluding hydrogens is 304 g/mol. The van der Waals surface area contributed by atoms with E-state index >= 15 is 0 Å². The first-order chi connectivity index (χ1) is 11.6. The number of carbonyl (C=O) groups is 1. The number of hydrazone groups is 1. The molecule has 0 saturated heterocycles. The van der Waals surface area contributed by atoms with E-state index in [0.29, 0.717) is 24.0 Å². The minimum atomic E-state index is 0.0548. The van der Waals surface area contributed by atoms with Gasteiger partial charge in [0, 0.05) is 5.92 Å². The number of methoxy groups -OCH3 is 1. The summed E-state index contributed by atoms with van der Waals surface area (Å²) in [5, 5.41) is 4.13.